The van der Waals surface area contributed by atoms with Gasteiger partial charge in [0, 0.05) is 10.3 Å². The maximum atomic E-state index is 12.0. The van der Waals surface area contributed by atoms with Gasteiger partial charge in [-0.05, 0) is 86.9 Å². The number of aromatic carboxylic acids is 1. The van der Waals surface area contributed by atoms with Crippen LogP contribution in [0.3, 0.4) is 0 Å². The first-order chi connectivity index (χ1) is 18.9. The first kappa shape index (κ1) is 31.4. The lowest BCUT2D eigenvalue weighted by Crippen LogP contribution is -1.90. The second kappa shape index (κ2) is 15.6. The van der Waals surface area contributed by atoms with E-state index in [9.17, 15) is 9.90 Å². The molecule has 4 rings (SSSR count). The Hall–Kier alpha value is -0.510. The summed E-state index contributed by atoms with van der Waals surface area (Å²) in [6, 6.07) is 6.48. The number of unbranched alkanes of at least 4 members (excludes halogenated alkanes) is 10. The van der Waals surface area contributed by atoms with Crippen LogP contribution in [0.25, 0.3) is 29.6 Å². The molecule has 0 amide bonds. The van der Waals surface area contributed by atoms with Crippen molar-refractivity contribution >= 4 is 93.3 Å². The SMILES string of the molecule is CCCCCCCCc1cc(Br)sc1-c1sc(-c2sc(Br)cc2CCCCCCCC)c2sc(C(=O)O)cc12. The van der Waals surface area contributed by atoms with Gasteiger partial charge in [0.25, 0.3) is 0 Å². The molecule has 4 aromatic rings. The fourth-order valence-corrected chi connectivity index (χ4v) is 11.3. The second-order valence-corrected chi connectivity index (χ2v) is 17.2. The number of halogens is 2. The molecule has 0 atom stereocenters. The van der Waals surface area contributed by atoms with Crippen LogP contribution in [0.15, 0.2) is 25.8 Å². The van der Waals surface area contributed by atoms with E-state index in [-0.39, 0.29) is 0 Å². The lowest BCUT2D eigenvalue weighted by atomic mass is 10.0. The van der Waals surface area contributed by atoms with Gasteiger partial charge in [-0.25, -0.2) is 4.79 Å². The van der Waals surface area contributed by atoms with Crippen molar-refractivity contribution in [2.24, 2.45) is 0 Å². The molecular weight excluding hydrogens is 692 g/mol. The Morgan fingerprint density at radius 3 is 1.64 bits per heavy atom. The van der Waals surface area contributed by atoms with E-state index in [4.69, 9.17) is 0 Å². The summed E-state index contributed by atoms with van der Waals surface area (Å²) in [5.74, 6) is -0.836. The monoisotopic (exact) mass is 728 g/mol. The molecule has 0 radical (unpaired) electrons. The smallest absolute Gasteiger partial charge is 0.345 e. The van der Waals surface area contributed by atoms with Crippen LogP contribution in [-0.4, -0.2) is 11.1 Å². The van der Waals surface area contributed by atoms with Crippen LogP contribution in [0.4, 0.5) is 0 Å². The van der Waals surface area contributed by atoms with E-state index in [0.717, 1.165) is 30.5 Å². The number of carbonyl (C=O) groups is 1. The molecule has 0 aliphatic rings. The van der Waals surface area contributed by atoms with Gasteiger partial charge in [0.05, 0.1) is 26.9 Å². The Morgan fingerprint density at radius 2 is 1.13 bits per heavy atom. The van der Waals surface area contributed by atoms with E-state index in [2.05, 4.69) is 57.8 Å². The van der Waals surface area contributed by atoms with Crippen LogP contribution in [0, 0.1) is 0 Å². The summed E-state index contributed by atoms with van der Waals surface area (Å²) in [5, 5.41) is 11.0. The average molecular weight is 731 g/mol. The summed E-state index contributed by atoms with van der Waals surface area (Å²) in [7, 11) is 0. The van der Waals surface area contributed by atoms with Gasteiger partial charge in [-0.2, -0.15) is 0 Å². The molecule has 8 heteroatoms. The number of hydrogen-bond donors (Lipinski definition) is 1. The van der Waals surface area contributed by atoms with Crippen LogP contribution >= 0.6 is 77.2 Å². The molecule has 0 aliphatic carbocycles. The van der Waals surface area contributed by atoms with Crippen LogP contribution in [0.5, 0.6) is 0 Å². The highest BCUT2D eigenvalue weighted by Gasteiger charge is 2.25. The lowest BCUT2D eigenvalue weighted by molar-refractivity contribution is 0.0702. The highest BCUT2D eigenvalue weighted by molar-refractivity contribution is 9.11. The van der Waals surface area contributed by atoms with Crippen LogP contribution in [-0.2, 0) is 12.8 Å². The van der Waals surface area contributed by atoms with Crippen molar-refractivity contribution in [3.05, 3.63) is 41.8 Å². The Kier molecular flexibility index (Phi) is 12.6. The summed E-state index contributed by atoms with van der Waals surface area (Å²) in [6.45, 7) is 4.52. The third-order valence-corrected chi connectivity index (χ3v) is 13.3. The van der Waals surface area contributed by atoms with Crippen molar-refractivity contribution in [1.29, 1.82) is 0 Å². The molecule has 212 valence electrons. The second-order valence-electron chi connectivity index (χ2n) is 10.3. The van der Waals surface area contributed by atoms with E-state index < -0.39 is 5.97 Å². The van der Waals surface area contributed by atoms with Gasteiger partial charge in [-0.1, -0.05) is 78.1 Å². The summed E-state index contributed by atoms with van der Waals surface area (Å²) >= 11 is 14.4. The minimum Gasteiger partial charge on any atom is -0.477 e. The van der Waals surface area contributed by atoms with Crippen molar-refractivity contribution in [3.63, 3.8) is 0 Å². The number of thiophene rings is 4. The van der Waals surface area contributed by atoms with Gasteiger partial charge >= 0.3 is 5.97 Å². The van der Waals surface area contributed by atoms with Crippen LogP contribution < -0.4 is 0 Å². The predicted octanol–water partition coefficient (Wildman–Crippen LogP) is 13.4. The maximum Gasteiger partial charge on any atom is 0.345 e. The molecule has 4 aromatic heterocycles. The number of aryl methyl sites for hydroxylation is 2. The van der Waals surface area contributed by atoms with E-state index >= 15 is 0 Å². The largest absolute Gasteiger partial charge is 0.477 e. The highest BCUT2D eigenvalue weighted by Crippen LogP contribution is 2.53. The highest BCUT2D eigenvalue weighted by atomic mass is 79.9. The van der Waals surface area contributed by atoms with Gasteiger partial charge in [0.1, 0.15) is 4.88 Å². The molecular formula is C31H38Br2O2S4. The Morgan fingerprint density at radius 1 is 0.641 bits per heavy atom. The number of hydrogen-bond acceptors (Lipinski definition) is 5. The number of fused-ring (bicyclic) bond motifs is 1. The summed E-state index contributed by atoms with van der Waals surface area (Å²) in [5.41, 5.74) is 2.78. The number of rotatable bonds is 17. The van der Waals surface area contributed by atoms with Gasteiger partial charge in [-0.3, -0.25) is 0 Å². The standard InChI is InChI=1S/C31H38Br2O2S4/c1-3-5-7-9-11-13-15-20-17-24(32)37-26(20)28-22-19-23(31(34)35)36-29(22)30(39-28)27-21(18-25(33)38-27)16-14-12-10-8-6-4-2/h17-19H,3-16H2,1-2H3,(H,34,35). The maximum absolute atomic E-state index is 12.0. The lowest BCUT2D eigenvalue weighted by Gasteiger charge is -2.04. The predicted molar refractivity (Wildman–Crippen MR) is 183 cm³/mol. The van der Waals surface area contributed by atoms with Crippen molar-refractivity contribution in [2.45, 2.75) is 104 Å². The molecule has 0 bridgehead atoms. The molecule has 39 heavy (non-hydrogen) atoms. The summed E-state index contributed by atoms with van der Waals surface area (Å²) in [6.07, 6.45) is 17.6. The van der Waals surface area contributed by atoms with Crippen molar-refractivity contribution in [1.82, 2.24) is 0 Å². The van der Waals surface area contributed by atoms with Gasteiger partial charge in [0.2, 0.25) is 0 Å². The molecule has 0 aliphatic heterocycles. The van der Waals surface area contributed by atoms with Crippen LogP contribution in [0.1, 0.15) is 112 Å². The Labute approximate surface area is 266 Å². The Bertz CT molecular complexity index is 1270. The van der Waals surface area contributed by atoms with E-state index in [1.165, 1.54) is 119 Å². The average Bonchev–Trinajstić information content (AvgIpc) is 3.66. The zero-order chi connectivity index (χ0) is 27.8. The minimum absolute atomic E-state index is 0.427. The fourth-order valence-electron chi connectivity index (χ4n) is 5.09. The molecule has 0 saturated heterocycles. The number of carboxylic acid groups (broad SMARTS) is 1. The normalized spacial score (nSPS) is 11.7. The summed E-state index contributed by atoms with van der Waals surface area (Å²) in [4.78, 5) is 17.5. The van der Waals surface area contributed by atoms with E-state index in [1.54, 1.807) is 22.7 Å². The fraction of sp³-hybridized carbons (Fsp3) is 0.516. The topological polar surface area (TPSA) is 37.3 Å². The quantitative estimate of drug-likeness (QED) is 0.110. The number of carboxylic acids is 1. The zero-order valence-electron chi connectivity index (χ0n) is 22.9. The molecule has 0 fully saturated rings. The third-order valence-electron chi connectivity index (χ3n) is 7.17. The van der Waals surface area contributed by atoms with Crippen LogP contribution in [0.2, 0.25) is 0 Å². The molecule has 0 unspecified atom stereocenters. The van der Waals surface area contributed by atoms with Crippen molar-refractivity contribution in [2.75, 3.05) is 0 Å². The van der Waals surface area contributed by atoms with Gasteiger partial charge in [0.15, 0.2) is 0 Å². The molecule has 0 spiro atoms. The molecule has 1 N–H and O–H groups in total. The molecule has 4 heterocycles. The zero-order valence-corrected chi connectivity index (χ0v) is 29.3. The third kappa shape index (κ3) is 8.29. The van der Waals surface area contributed by atoms with E-state index in [0.29, 0.717) is 4.88 Å². The van der Waals surface area contributed by atoms with Gasteiger partial charge in [-0.15, -0.1) is 45.3 Å². The molecule has 0 saturated carbocycles. The Balaban J connectivity index is 1.64. The molecule has 2 nitrogen and oxygen atoms in total. The van der Waals surface area contributed by atoms with Gasteiger partial charge < -0.3 is 5.11 Å². The summed E-state index contributed by atoms with van der Waals surface area (Å²) < 4.78 is 3.43. The van der Waals surface area contributed by atoms with E-state index in [1.807, 2.05) is 17.4 Å². The first-order valence-corrected chi connectivity index (χ1v) is 19.1. The van der Waals surface area contributed by atoms with Crippen molar-refractivity contribution in [3.8, 4) is 19.5 Å². The minimum atomic E-state index is -0.836. The van der Waals surface area contributed by atoms with Crippen molar-refractivity contribution < 1.29 is 9.90 Å². The molecule has 0 aromatic carbocycles. The first-order valence-electron chi connectivity index (χ1n) is 14.3.